The SMILES string of the molecule is O=C(O)CN1CCN(C(=O)NCc2ccc(Br)s2)CC1. The van der Waals surface area contributed by atoms with Gasteiger partial charge in [-0.1, -0.05) is 0 Å². The number of carbonyl (C=O) groups is 2. The summed E-state index contributed by atoms with van der Waals surface area (Å²) in [5.41, 5.74) is 0. The van der Waals surface area contributed by atoms with Crippen LogP contribution in [0.5, 0.6) is 0 Å². The van der Waals surface area contributed by atoms with Crippen molar-refractivity contribution in [2.75, 3.05) is 32.7 Å². The van der Waals surface area contributed by atoms with E-state index in [1.165, 1.54) is 0 Å². The van der Waals surface area contributed by atoms with Gasteiger partial charge in [0.15, 0.2) is 0 Å². The van der Waals surface area contributed by atoms with Gasteiger partial charge in [0.1, 0.15) is 0 Å². The fraction of sp³-hybridized carbons (Fsp3) is 0.500. The van der Waals surface area contributed by atoms with E-state index >= 15 is 0 Å². The van der Waals surface area contributed by atoms with E-state index in [2.05, 4.69) is 21.2 Å². The number of rotatable bonds is 4. The molecule has 110 valence electrons. The van der Waals surface area contributed by atoms with Gasteiger partial charge in [-0.25, -0.2) is 4.79 Å². The molecule has 2 N–H and O–H groups in total. The second kappa shape index (κ2) is 7.05. The first-order valence-corrected chi connectivity index (χ1v) is 7.86. The monoisotopic (exact) mass is 361 g/mol. The summed E-state index contributed by atoms with van der Waals surface area (Å²) in [6, 6.07) is 3.83. The molecule has 1 aromatic heterocycles. The van der Waals surface area contributed by atoms with E-state index in [1.54, 1.807) is 16.2 Å². The average Bonchev–Trinajstić information content (AvgIpc) is 2.82. The molecule has 0 unspecified atom stereocenters. The first-order chi connectivity index (χ1) is 9.54. The van der Waals surface area contributed by atoms with Crippen LogP contribution in [0.1, 0.15) is 4.88 Å². The van der Waals surface area contributed by atoms with Crippen LogP contribution in [0.3, 0.4) is 0 Å². The van der Waals surface area contributed by atoms with Gasteiger partial charge in [-0.15, -0.1) is 11.3 Å². The number of hydrogen-bond donors (Lipinski definition) is 2. The molecular weight excluding hydrogens is 346 g/mol. The zero-order valence-electron chi connectivity index (χ0n) is 10.8. The Bertz CT molecular complexity index is 486. The summed E-state index contributed by atoms with van der Waals surface area (Å²) in [5.74, 6) is -0.828. The number of nitrogens with zero attached hydrogens (tertiary/aromatic N) is 2. The molecule has 0 aliphatic carbocycles. The van der Waals surface area contributed by atoms with Crippen LogP contribution in [0.25, 0.3) is 0 Å². The van der Waals surface area contributed by atoms with E-state index in [0.717, 1.165) is 8.66 Å². The van der Waals surface area contributed by atoms with Gasteiger partial charge < -0.3 is 15.3 Å². The Morgan fingerprint density at radius 1 is 1.30 bits per heavy atom. The minimum absolute atomic E-state index is 0.0404. The highest BCUT2D eigenvalue weighted by Crippen LogP contribution is 2.21. The number of urea groups is 1. The number of thiophene rings is 1. The fourth-order valence-electron chi connectivity index (χ4n) is 2.02. The number of piperazine rings is 1. The second-order valence-electron chi connectivity index (χ2n) is 4.52. The molecule has 1 fully saturated rings. The lowest BCUT2D eigenvalue weighted by Crippen LogP contribution is -2.52. The van der Waals surface area contributed by atoms with Gasteiger partial charge in [0.05, 0.1) is 16.9 Å². The van der Waals surface area contributed by atoms with Crippen molar-refractivity contribution in [1.29, 1.82) is 0 Å². The Labute approximate surface area is 129 Å². The predicted molar refractivity (Wildman–Crippen MR) is 79.9 cm³/mol. The lowest BCUT2D eigenvalue weighted by Gasteiger charge is -2.33. The largest absolute Gasteiger partial charge is 0.480 e. The molecule has 20 heavy (non-hydrogen) atoms. The Morgan fingerprint density at radius 2 is 2.00 bits per heavy atom. The van der Waals surface area contributed by atoms with Crippen molar-refractivity contribution in [2.45, 2.75) is 6.54 Å². The molecule has 2 amide bonds. The summed E-state index contributed by atoms with van der Waals surface area (Å²) in [7, 11) is 0. The number of hydrogen-bond acceptors (Lipinski definition) is 4. The Morgan fingerprint density at radius 3 is 2.55 bits per heavy atom. The van der Waals surface area contributed by atoms with Crippen molar-refractivity contribution < 1.29 is 14.7 Å². The Balaban J connectivity index is 1.73. The maximum absolute atomic E-state index is 12.0. The molecule has 0 bridgehead atoms. The van der Waals surface area contributed by atoms with Gasteiger partial charge in [0.25, 0.3) is 0 Å². The number of carboxylic acids is 1. The number of halogens is 1. The molecular formula is C12H16BrN3O3S. The smallest absolute Gasteiger partial charge is 0.317 e. The molecule has 1 aromatic rings. The lowest BCUT2D eigenvalue weighted by atomic mass is 10.3. The van der Waals surface area contributed by atoms with Gasteiger partial charge >= 0.3 is 12.0 Å². The highest BCUT2D eigenvalue weighted by molar-refractivity contribution is 9.11. The third kappa shape index (κ3) is 4.46. The maximum atomic E-state index is 12.0. The van der Waals surface area contributed by atoms with Gasteiger partial charge in [0, 0.05) is 31.1 Å². The topological polar surface area (TPSA) is 72.9 Å². The zero-order valence-corrected chi connectivity index (χ0v) is 13.2. The number of amides is 2. The van der Waals surface area contributed by atoms with Crippen LogP contribution in [0, 0.1) is 0 Å². The van der Waals surface area contributed by atoms with Gasteiger partial charge in [-0.2, -0.15) is 0 Å². The molecule has 1 aliphatic rings. The minimum Gasteiger partial charge on any atom is -0.480 e. The van der Waals surface area contributed by atoms with Crippen molar-refractivity contribution in [1.82, 2.24) is 15.1 Å². The number of aliphatic carboxylic acids is 1. The van der Waals surface area contributed by atoms with Crippen LogP contribution in [-0.2, 0) is 11.3 Å². The van der Waals surface area contributed by atoms with E-state index in [1.807, 2.05) is 17.0 Å². The van der Waals surface area contributed by atoms with Gasteiger partial charge in [-0.3, -0.25) is 9.69 Å². The van der Waals surface area contributed by atoms with Crippen LogP contribution < -0.4 is 5.32 Å². The first-order valence-electron chi connectivity index (χ1n) is 6.26. The standard InChI is InChI=1S/C12H16BrN3O3S/c13-10-2-1-9(20-10)7-14-12(19)16-5-3-15(4-6-16)8-11(17)18/h1-2H,3-8H2,(H,14,19)(H,17,18). The van der Waals surface area contributed by atoms with Crippen molar-refractivity contribution in [3.63, 3.8) is 0 Å². The van der Waals surface area contributed by atoms with E-state index in [-0.39, 0.29) is 12.6 Å². The molecule has 2 heterocycles. The summed E-state index contributed by atoms with van der Waals surface area (Å²) in [6.45, 7) is 2.89. The first kappa shape index (κ1) is 15.3. The minimum atomic E-state index is -0.828. The normalized spacial score (nSPS) is 16.1. The van der Waals surface area contributed by atoms with Crippen molar-refractivity contribution >= 4 is 39.3 Å². The van der Waals surface area contributed by atoms with Crippen molar-refractivity contribution in [3.8, 4) is 0 Å². The van der Waals surface area contributed by atoms with Crippen LogP contribution in [0.15, 0.2) is 15.9 Å². The van der Waals surface area contributed by atoms with E-state index in [0.29, 0.717) is 32.7 Å². The number of carbonyl (C=O) groups excluding carboxylic acids is 1. The summed E-state index contributed by atoms with van der Waals surface area (Å²) >= 11 is 4.98. The Kier molecular flexibility index (Phi) is 5.38. The summed E-state index contributed by atoms with van der Waals surface area (Å²) < 4.78 is 1.05. The quantitative estimate of drug-likeness (QED) is 0.850. The third-order valence-corrected chi connectivity index (χ3v) is 4.68. The molecule has 0 aromatic carbocycles. The second-order valence-corrected chi connectivity index (χ2v) is 7.07. The average molecular weight is 362 g/mol. The molecule has 1 saturated heterocycles. The fourth-order valence-corrected chi connectivity index (χ4v) is 3.44. The van der Waals surface area contributed by atoms with Crippen LogP contribution in [0.2, 0.25) is 0 Å². The molecule has 0 atom stereocenters. The highest BCUT2D eigenvalue weighted by Gasteiger charge is 2.21. The van der Waals surface area contributed by atoms with E-state index in [9.17, 15) is 9.59 Å². The van der Waals surface area contributed by atoms with E-state index in [4.69, 9.17) is 5.11 Å². The number of carboxylic acid groups (broad SMARTS) is 1. The van der Waals surface area contributed by atoms with E-state index < -0.39 is 5.97 Å². The van der Waals surface area contributed by atoms with Crippen molar-refractivity contribution in [3.05, 3.63) is 20.8 Å². The predicted octanol–water partition coefficient (Wildman–Crippen LogP) is 1.42. The maximum Gasteiger partial charge on any atom is 0.317 e. The highest BCUT2D eigenvalue weighted by atomic mass is 79.9. The van der Waals surface area contributed by atoms with Crippen molar-refractivity contribution in [2.24, 2.45) is 0 Å². The molecule has 0 spiro atoms. The molecule has 1 aliphatic heterocycles. The van der Waals surface area contributed by atoms with Crippen LogP contribution in [-0.4, -0.2) is 59.6 Å². The molecule has 0 radical (unpaired) electrons. The Hall–Kier alpha value is -1.12. The lowest BCUT2D eigenvalue weighted by molar-refractivity contribution is -0.138. The summed E-state index contributed by atoms with van der Waals surface area (Å²) in [4.78, 5) is 27.2. The zero-order chi connectivity index (χ0) is 14.5. The molecule has 6 nitrogen and oxygen atoms in total. The third-order valence-electron chi connectivity index (χ3n) is 3.06. The molecule has 0 saturated carbocycles. The van der Waals surface area contributed by atoms with Crippen LogP contribution in [0.4, 0.5) is 4.79 Å². The molecule has 8 heteroatoms. The van der Waals surface area contributed by atoms with Crippen LogP contribution >= 0.6 is 27.3 Å². The summed E-state index contributed by atoms with van der Waals surface area (Å²) in [5, 5.41) is 11.6. The van der Waals surface area contributed by atoms with Gasteiger partial charge in [0.2, 0.25) is 0 Å². The molecule has 2 rings (SSSR count). The van der Waals surface area contributed by atoms with Gasteiger partial charge in [-0.05, 0) is 28.1 Å². The number of nitrogens with one attached hydrogen (secondary N) is 1. The summed E-state index contributed by atoms with van der Waals surface area (Å²) in [6.07, 6.45) is 0.